The zero-order chi connectivity index (χ0) is 19.4. The lowest BCUT2D eigenvalue weighted by Crippen LogP contribution is -2.33. The number of rotatable bonds is 6. The van der Waals surface area contributed by atoms with Crippen LogP contribution in [0.25, 0.3) is 10.9 Å². The molecule has 140 valence electrons. The third kappa shape index (κ3) is 4.16. The van der Waals surface area contributed by atoms with Crippen LogP contribution in [0.15, 0.2) is 58.1 Å². The first-order valence-corrected chi connectivity index (χ1v) is 9.07. The van der Waals surface area contributed by atoms with Crippen molar-refractivity contribution in [2.75, 3.05) is 0 Å². The second kappa shape index (κ2) is 8.03. The highest BCUT2D eigenvalue weighted by Gasteiger charge is 2.14. The fourth-order valence-electron chi connectivity index (χ4n) is 3.16. The van der Waals surface area contributed by atoms with Crippen LogP contribution in [0.3, 0.4) is 0 Å². The molecule has 0 fully saturated rings. The molecule has 1 heterocycles. The monoisotopic (exact) mass is 365 g/mol. The van der Waals surface area contributed by atoms with Crippen LogP contribution in [0.1, 0.15) is 36.9 Å². The van der Waals surface area contributed by atoms with E-state index in [1.165, 1.54) is 10.1 Å². The van der Waals surface area contributed by atoms with Crippen molar-refractivity contribution in [3.05, 3.63) is 80.5 Å². The number of para-hydroxylation sites is 1. The van der Waals surface area contributed by atoms with Crippen molar-refractivity contribution in [2.24, 2.45) is 0 Å². The van der Waals surface area contributed by atoms with Gasteiger partial charge in [0.15, 0.2) is 0 Å². The van der Waals surface area contributed by atoms with E-state index in [0.717, 1.165) is 12.0 Å². The van der Waals surface area contributed by atoms with Gasteiger partial charge in [-0.2, -0.15) is 0 Å². The first-order valence-electron chi connectivity index (χ1n) is 9.07. The Labute approximate surface area is 156 Å². The van der Waals surface area contributed by atoms with Crippen LogP contribution in [0, 0.1) is 6.92 Å². The Balaban J connectivity index is 1.74. The van der Waals surface area contributed by atoms with Crippen LogP contribution in [0.2, 0.25) is 0 Å². The minimum atomic E-state index is -0.503. The summed E-state index contributed by atoms with van der Waals surface area (Å²) in [5.74, 6) is -0.135. The molecule has 1 unspecified atom stereocenters. The molecule has 2 N–H and O–H groups in total. The summed E-state index contributed by atoms with van der Waals surface area (Å²) < 4.78 is 1.43. The van der Waals surface area contributed by atoms with E-state index < -0.39 is 11.2 Å². The van der Waals surface area contributed by atoms with Gasteiger partial charge in [-0.3, -0.25) is 19.1 Å². The largest absolute Gasteiger partial charge is 0.349 e. The molecule has 0 radical (unpaired) electrons. The highest BCUT2D eigenvalue weighted by molar-refractivity contribution is 5.79. The first-order chi connectivity index (χ1) is 13.0. The molecule has 0 saturated carbocycles. The van der Waals surface area contributed by atoms with E-state index in [9.17, 15) is 14.4 Å². The van der Waals surface area contributed by atoms with Crippen molar-refractivity contribution in [3.8, 4) is 0 Å². The van der Waals surface area contributed by atoms with Crippen LogP contribution in [-0.4, -0.2) is 15.5 Å². The molecule has 0 spiro atoms. The van der Waals surface area contributed by atoms with E-state index in [-0.39, 0.29) is 24.9 Å². The summed E-state index contributed by atoms with van der Waals surface area (Å²) >= 11 is 0. The van der Waals surface area contributed by atoms with Crippen molar-refractivity contribution in [3.63, 3.8) is 0 Å². The van der Waals surface area contributed by atoms with Gasteiger partial charge in [0.1, 0.15) is 0 Å². The van der Waals surface area contributed by atoms with Crippen LogP contribution in [0.4, 0.5) is 0 Å². The molecule has 0 aliphatic carbocycles. The summed E-state index contributed by atoms with van der Waals surface area (Å²) in [5.41, 5.74) is 1.84. The van der Waals surface area contributed by atoms with Crippen molar-refractivity contribution < 1.29 is 4.79 Å². The quantitative estimate of drug-likeness (QED) is 0.704. The number of aryl methyl sites for hydroxylation is 2. The van der Waals surface area contributed by atoms with Crippen LogP contribution >= 0.6 is 0 Å². The van der Waals surface area contributed by atoms with Crippen LogP contribution < -0.4 is 16.6 Å². The SMILES string of the molecule is CCC(NC(=O)CCn1c(=O)[nH]c(=O)c2ccccc21)c1ccc(C)cc1. The van der Waals surface area contributed by atoms with Gasteiger partial charge in [0, 0.05) is 13.0 Å². The number of hydrogen-bond acceptors (Lipinski definition) is 3. The van der Waals surface area contributed by atoms with E-state index in [1.54, 1.807) is 24.3 Å². The maximum atomic E-state index is 12.4. The smallest absolute Gasteiger partial charge is 0.328 e. The lowest BCUT2D eigenvalue weighted by Gasteiger charge is -2.18. The topological polar surface area (TPSA) is 84.0 Å². The maximum absolute atomic E-state index is 12.4. The zero-order valence-electron chi connectivity index (χ0n) is 15.5. The molecule has 0 aliphatic rings. The van der Waals surface area contributed by atoms with Crippen molar-refractivity contribution in [1.29, 1.82) is 0 Å². The van der Waals surface area contributed by atoms with Crippen LogP contribution in [0.5, 0.6) is 0 Å². The standard InChI is InChI=1S/C21H23N3O3/c1-3-17(15-10-8-14(2)9-11-15)22-19(25)12-13-24-18-7-5-4-6-16(18)20(26)23-21(24)27/h4-11,17H,3,12-13H2,1-2H3,(H,22,25)(H,23,26,27). The van der Waals surface area contributed by atoms with Crippen molar-refractivity contribution in [1.82, 2.24) is 14.9 Å². The molecule has 2 aromatic carbocycles. The van der Waals surface area contributed by atoms with Crippen LogP contribution in [-0.2, 0) is 11.3 Å². The molecular formula is C21H23N3O3. The maximum Gasteiger partial charge on any atom is 0.328 e. The average molecular weight is 365 g/mol. The van der Waals surface area contributed by atoms with Gasteiger partial charge in [-0.25, -0.2) is 4.79 Å². The summed E-state index contributed by atoms with van der Waals surface area (Å²) in [5, 5.41) is 3.46. The number of aromatic nitrogens is 2. The number of nitrogens with zero attached hydrogens (tertiary/aromatic N) is 1. The summed E-state index contributed by atoms with van der Waals surface area (Å²) in [7, 11) is 0. The second-order valence-electron chi connectivity index (χ2n) is 6.62. The lowest BCUT2D eigenvalue weighted by atomic mass is 10.0. The number of amides is 1. The van der Waals surface area contributed by atoms with E-state index in [4.69, 9.17) is 0 Å². The minimum Gasteiger partial charge on any atom is -0.349 e. The third-order valence-electron chi connectivity index (χ3n) is 4.69. The Morgan fingerprint density at radius 1 is 1.11 bits per heavy atom. The number of hydrogen-bond donors (Lipinski definition) is 2. The van der Waals surface area contributed by atoms with Gasteiger partial charge in [0.2, 0.25) is 5.91 Å². The molecule has 3 aromatic rings. The van der Waals surface area contributed by atoms with Gasteiger partial charge in [-0.1, -0.05) is 48.9 Å². The second-order valence-corrected chi connectivity index (χ2v) is 6.62. The number of carbonyl (C=O) groups excluding carboxylic acids is 1. The van der Waals surface area contributed by atoms with Gasteiger partial charge in [0.25, 0.3) is 5.56 Å². The Bertz CT molecular complexity index is 1060. The molecule has 1 atom stereocenters. The van der Waals surface area contributed by atoms with Gasteiger partial charge >= 0.3 is 5.69 Å². The molecule has 1 aromatic heterocycles. The Kier molecular flexibility index (Phi) is 5.54. The molecule has 1 amide bonds. The predicted molar refractivity (Wildman–Crippen MR) is 106 cm³/mol. The number of nitrogens with one attached hydrogen (secondary N) is 2. The van der Waals surface area contributed by atoms with E-state index >= 15 is 0 Å². The Hall–Kier alpha value is -3.15. The molecule has 6 nitrogen and oxygen atoms in total. The molecule has 6 heteroatoms. The van der Waals surface area contributed by atoms with Gasteiger partial charge in [-0.15, -0.1) is 0 Å². The Morgan fingerprint density at radius 2 is 1.81 bits per heavy atom. The normalized spacial score (nSPS) is 12.1. The lowest BCUT2D eigenvalue weighted by molar-refractivity contribution is -0.122. The first kappa shape index (κ1) is 18.6. The van der Waals surface area contributed by atoms with Crippen molar-refractivity contribution >= 4 is 16.8 Å². The van der Waals surface area contributed by atoms with Gasteiger partial charge in [0.05, 0.1) is 16.9 Å². The summed E-state index contributed by atoms with van der Waals surface area (Å²) in [6.07, 6.45) is 0.925. The molecule has 0 aliphatic heterocycles. The third-order valence-corrected chi connectivity index (χ3v) is 4.69. The number of carbonyl (C=O) groups is 1. The van der Waals surface area contributed by atoms with E-state index in [2.05, 4.69) is 10.3 Å². The molecule has 27 heavy (non-hydrogen) atoms. The molecule has 0 saturated heterocycles. The fraction of sp³-hybridized carbons (Fsp3) is 0.286. The summed E-state index contributed by atoms with van der Waals surface area (Å²) in [4.78, 5) is 38.8. The molecule has 0 bridgehead atoms. The van der Waals surface area contributed by atoms with E-state index in [1.807, 2.05) is 38.1 Å². The Morgan fingerprint density at radius 3 is 2.52 bits per heavy atom. The summed E-state index contributed by atoms with van der Waals surface area (Å²) in [6.45, 7) is 4.24. The predicted octanol–water partition coefficient (Wildman–Crippen LogP) is 2.66. The number of fused-ring (bicyclic) bond motifs is 1. The zero-order valence-corrected chi connectivity index (χ0v) is 15.5. The highest BCUT2D eigenvalue weighted by Crippen LogP contribution is 2.17. The van der Waals surface area contributed by atoms with Gasteiger partial charge < -0.3 is 5.32 Å². The summed E-state index contributed by atoms with van der Waals surface area (Å²) in [6, 6.07) is 14.9. The highest BCUT2D eigenvalue weighted by atomic mass is 16.2. The number of aromatic amines is 1. The molecule has 3 rings (SSSR count). The minimum absolute atomic E-state index is 0.0675. The van der Waals surface area contributed by atoms with Gasteiger partial charge in [-0.05, 0) is 31.0 Å². The van der Waals surface area contributed by atoms with Crippen molar-refractivity contribution in [2.45, 2.75) is 39.3 Å². The number of benzene rings is 2. The fourth-order valence-corrected chi connectivity index (χ4v) is 3.16. The van der Waals surface area contributed by atoms with E-state index in [0.29, 0.717) is 10.9 Å². The molecular weight excluding hydrogens is 342 g/mol. The average Bonchev–Trinajstić information content (AvgIpc) is 2.66. The number of H-pyrrole nitrogens is 1.